The van der Waals surface area contributed by atoms with Gasteiger partial charge in [-0.05, 0) is 18.6 Å². The zero-order valence-corrected chi connectivity index (χ0v) is 7.48. The van der Waals surface area contributed by atoms with Crippen molar-refractivity contribution >= 4 is 11.6 Å². The minimum Gasteiger partial charge on any atom is -0.393 e. The Morgan fingerprint density at radius 1 is 1.58 bits per heavy atom. The van der Waals surface area contributed by atoms with Gasteiger partial charge in [-0.1, -0.05) is 23.7 Å². The van der Waals surface area contributed by atoms with Gasteiger partial charge in [-0.2, -0.15) is 0 Å². The second-order valence-corrected chi connectivity index (χ2v) is 3.17. The van der Waals surface area contributed by atoms with Gasteiger partial charge in [0.2, 0.25) is 0 Å². The van der Waals surface area contributed by atoms with Crippen LogP contribution in [0.15, 0.2) is 18.2 Å². The van der Waals surface area contributed by atoms with Crippen LogP contribution in [0.1, 0.15) is 12.5 Å². The van der Waals surface area contributed by atoms with E-state index in [2.05, 4.69) is 0 Å². The average molecular weight is 189 g/mol. The molecular weight excluding hydrogens is 179 g/mol. The lowest BCUT2D eigenvalue weighted by Crippen LogP contribution is -2.05. The van der Waals surface area contributed by atoms with E-state index < -0.39 is 11.9 Å². The fraction of sp³-hybridized carbons (Fsp3) is 0.333. The summed E-state index contributed by atoms with van der Waals surface area (Å²) < 4.78 is 13.1. The molecule has 12 heavy (non-hydrogen) atoms. The van der Waals surface area contributed by atoms with Crippen molar-refractivity contribution in [3.05, 3.63) is 34.6 Å². The number of hydrogen-bond acceptors (Lipinski definition) is 1. The Morgan fingerprint density at radius 2 is 2.25 bits per heavy atom. The number of hydrogen-bond donors (Lipinski definition) is 1. The molecule has 1 aromatic carbocycles. The molecule has 0 heterocycles. The van der Waals surface area contributed by atoms with E-state index in [1.165, 1.54) is 6.07 Å². The van der Waals surface area contributed by atoms with E-state index in [1.54, 1.807) is 19.1 Å². The summed E-state index contributed by atoms with van der Waals surface area (Å²) >= 11 is 5.54. The van der Waals surface area contributed by atoms with E-state index >= 15 is 0 Å². The van der Waals surface area contributed by atoms with Gasteiger partial charge < -0.3 is 5.11 Å². The van der Waals surface area contributed by atoms with Gasteiger partial charge in [0.25, 0.3) is 0 Å². The molecule has 1 nitrogen and oxygen atoms in total. The number of rotatable bonds is 2. The molecule has 0 aliphatic heterocycles. The predicted molar refractivity (Wildman–Crippen MR) is 46.8 cm³/mol. The third kappa shape index (κ3) is 2.19. The molecule has 0 amide bonds. The minimum atomic E-state index is -0.544. The summed E-state index contributed by atoms with van der Waals surface area (Å²) in [6, 6.07) is 4.78. The Hall–Kier alpha value is -0.600. The minimum absolute atomic E-state index is 0.105. The summed E-state index contributed by atoms with van der Waals surface area (Å²) in [5, 5.41) is 9.12. The molecule has 66 valence electrons. The molecular formula is C9H10ClFO. The van der Waals surface area contributed by atoms with E-state index in [1.807, 2.05) is 0 Å². The van der Waals surface area contributed by atoms with Gasteiger partial charge in [0.1, 0.15) is 5.82 Å². The Bertz CT molecular complexity index is 273. The van der Waals surface area contributed by atoms with Crippen molar-refractivity contribution in [3.8, 4) is 0 Å². The van der Waals surface area contributed by atoms with E-state index in [9.17, 15) is 4.39 Å². The molecule has 0 spiro atoms. The number of aliphatic hydroxyl groups excluding tert-OH is 1. The van der Waals surface area contributed by atoms with E-state index in [-0.39, 0.29) is 5.02 Å². The molecule has 0 aliphatic carbocycles. The van der Waals surface area contributed by atoms with Crippen molar-refractivity contribution in [2.45, 2.75) is 19.4 Å². The monoisotopic (exact) mass is 188 g/mol. The van der Waals surface area contributed by atoms with Crippen molar-refractivity contribution in [1.29, 1.82) is 0 Å². The van der Waals surface area contributed by atoms with E-state index in [0.29, 0.717) is 12.0 Å². The van der Waals surface area contributed by atoms with Crippen molar-refractivity contribution in [1.82, 2.24) is 0 Å². The quantitative estimate of drug-likeness (QED) is 0.756. The molecule has 0 bridgehead atoms. The fourth-order valence-corrected chi connectivity index (χ4v) is 1.22. The van der Waals surface area contributed by atoms with Crippen LogP contribution in [0, 0.1) is 5.82 Å². The maximum atomic E-state index is 13.1. The Balaban J connectivity index is 2.92. The molecule has 0 aromatic heterocycles. The van der Waals surface area contributed by atoms with Crippen molar-refractivity contribution < 1.29 is 9.50 Å². The highest BCUT2D eigenvalue weighted by atomic mass is 35.5. The smallest absolute Gasteiger partial charge is 0.145 e. The normalized spacial score (nSPS) is 13.0. The lowest BCUT2D eigenvalue weighted by atomic mass is 10.1. The fourth-order valence-electron chi connectivity index (χ4n) is 1.02. The topological polar surface area (TPSA) is 20.2 Å². The Kier molecular flexibility index (Phi) is 3.06. The number of benzene rings is 1. The van der Waals surface area contributed by atoms with Crippen LogP contribution in [0.2, 0.25) is 5.02 Å². The zero-order valence-electron chi connectivity index (χ0n) is 6.72. The first-order valence-electron chi connectivity index (χ1n) is 3.72. The second-order valence-electron chi connectivity index (χ2n) is 2.77. The first-order valence-corrected chi connectivity index (χ1v) is 4.10. The molecule has 1 rings (SSSR count). The van der Waals surface area contributed by atoms with Crippen LogP contribution in [0.25, 0.3) is 0 Å². The van der Waals surface area contributed by atoms with E-state index in [0.717, 1.165) is 0 Å². The zero-order chi connectivity index (χ0) is 9.14. The standard InChI is InChI=1S/C9H10ClFO/c1-6(12)5-7-3-2-4-8(10)9(7)11/h2-4,6,12H,5H2,1H3/t6-/m1/s1. The summed E-state index contributed by atoms with van der Waals surface area (Å²) in [5.74, 6) is -0.430. The first kappa shape index (κ1) is 9.49. The van der Waals surface area contributed by atoms with Crippen LogP contribution < -0.4 is 0 Å². The molecule has 1 aromatic rings. The van der Waals surface area contributed by atoms with Gasteiger partial charge in [0.15, 0.2) is 0 Å². The molecule has 0 saturated heterocycles. The van der Waals surface area contributed by atoms with Crippen LogP contribution in [-0.2, 0) is 6.42 Å². The molecule has 0 saturated carbocycles. The summed E-state index contributed by atoms with van der Waals surface area (Å²) in [4.78, 5) is 0. The van der Waals surface area contributed by atoms with Crippen LogP contribution >= 0.6 is 11.6 Å². The number of aliphatic hydroxyl groups is 1. The highest BCUT2D eigenvalue weighted by molar-refractivity contribution is 6.30. The molecule has 0 fully saturated rings. The van der Waals surface area contributed by atoms with Crippen molar-refractivity contribution in [3.63, 3.8) is 0 Å². The van der Waals surface area contributed by atoms with Crippen LogP contribution in [-0.4, -0.2) is 11.2 Å². The lowest BCUT2D eigenvalue weighted by molar-refractivity contribution is 0.194. The van der Waals surface area contributed by atoms with Gasteiger partial charge in [-0.15, -0.1) is 0 Å². The van der Waals surface area contributed by atoms with Gasteiger partial charge >= 0.3 is 0 Å². The SMILES string of the molecule is C[C@@H](O)Cc1cccc(Cl)c1F. The molecule has 0 unspecified atom stereocenters. The third-order valence-electron chi connectivity index (χ3n) is 1.55. The van der Waals surface area contributed by atoms with Gasteiger partial charge in [-0.25, -0.2) is 4.39 Å². The lowest BCUT2D eigenvalue weighted by Gasteiger charge is -2.05. The van der Waals surface area contributed by atoms with Gasteiger partial charge in [-0.3, -0.25) is 0 Å². The van der Waals surface area contributed by atoms with Crippen molar-refractivity contribution in [2.75, 3.05) is 0 Å². The maximum absolute atomic E-state index is 13.1. The third-order valence-corrected chi connectivity index (χ3v) is 1.84. The molecule has 0 radical (unpaired) electrons. The highest BCUT2D eigenvalue weighted by Gasteiger charge is 2.07. The predicted octanol–water partition coefficient (Wildman–Crippen LogP) is 2.40. The molecule has 1 atom stereocenters. The number of halogens is 2. The van der Waals surface area contributed by atoms with Gasteiger partial charge in [0, 0.05) is 6.42 Å². The van der Waals surface area contributed by atoms with Gasteiger partial charge in [0.05, 0.1) is 11.1 Å². The van der Waals surface area contributed by atoms with Crippen LogP contribution in [0.5, 0.6) is 0 Å². The maximum Gasteiger partial charge on any atom is 0.145 e. The Labute approximate surface area is 75.8 Å². The largest absolute Gasteiger partial charge is 0.393 e. The Morgan fingerprint density at radius 3 is 2.83 bits per heavy atom. The van der Waals surface area contributed by atoms with E-state index in [4.69, 9.17) is 16.7 Å². The molecule has 3 heteroatoms. The summed E-state index contributed by atoms with van der Waals surface area (Å²) in [7, 11) is 0. The first-order chi connectivity index (χ1) is 5.61. The average Bonchev–Trinajstić information content (AvgIpc) is 1.98. The summed E-state index contributed by atoms with van der Waals surface area (Å²) in [5.41, 5.74) is 0.456. The highest BCUT2D eigenvalue weighted by Crippen LogP contribution is 2.18. The molecule has 1 N–H and O–H groups in total. The van der Waals surface area contributed by atoms with Crippen molar-refractivity contribution in [2.24, 2.45) is 0 Å². The molecule has 0 aliphatic rings. The summed E-state index contributed by atoms with van der Waals surface area (Å²) in [6.07, 6.45) is -0.246. The summed E-state index contributed by atoms with van der Waals surface area (Å²) in [6.45, 7) is 1.61. The van der Waals surface area contributed by atoms with Crippen LogP contribution in [0.3, 0.4) is 0 Å². The van der Waals surface area contributed by atoms with Crippen LogP contribution in [0.4, 0.5) is 4.39 Å². The second kappa shape index (κ2) is 3.87.